The zero-order valence-corrected chi connectivity index (χ0v) is 10.6. The van der Waals surface area contributed by atoms with Crippen molar-refractivity contribution in [2.45, 2.75) is 39.0 Å². The number of rotatable bonds is 3. The summed E-state index contributed by atoms with van der Waals surface area (Å²) < 4.78 is 5.62. The largest absolute Gasteiger partial charge is 0.355 e. The fourth-order valence-electron chi connectivity index (χ4n) is 2.06. The van der Waals surface area contributed by atoms with Crippen molar-refractivity contribution in [3.8, 4) is 0 Å². The monoisotopic (exact) mass is 247 g/mol. The molecule has 0 radical (unpaired) electrons. The number of imide groups is 1. The Morgan fingerprint density at radius 2 is 2.00 bits per heavy atom. The number of hydrogen-bond acceptors (Lipinski definition) is 3. The molecular formula is C14H17NO3. The van der Waals surface area contributed by atoms with Gasteiger partial charge in [-0.25, -0.2) is 0 Å². The molecule has 1 atom stereocenters. The maximum Gasteiger partial charge on any atom is 0.262 e. The lowest BCUT2D eigenvalue weighted by atomic mass is 10.2. The van der Waals surface area contributed by atoms with Gasteiger partial charge in [0.05, 0.1) is 6.10 Å². The number of ether oxygens (including phenoxy) is 1. The summed E-state index contributed by atoms with van der Waals surface area (Å²) in [5, 5.41) is 0. The molecule has 0 saturated carbocycles. The first kappa shape index (κ1) is 12.8. The van der Waals surface area contributed by atoms with Crippen molar-refractivity contribution in [3.05, 3.63) is 35.9 Å². The first-order chi connectivity index (χ1) is 8.59. The molecule has 4 nitrogen and oxygen atoms in total. The van der Waals surface area contributed by atoms with Crippen LogP contribution < -0.4 is 0 Å². The molecular weight excluding hydrogens is 230 g/mol. The number of carbonyl (C=O) groups is 2. The van der Waals surface area contributed by atoms with Crippen LogP contribution in [0.2, 0.25) is 0 Å². The van der Waals surface area contributed by atoms with Crippen molar-refractivity contribution in [1.29, 1.82) is 0 Å². The minimum Gasteiger partial charge on any atom is -0.355 e. The number of hydrogen-bond donors (Lipinski definition) is 0. The second kappa shape index (κ2) is 5.31. The zero-order valence-electron chi connectivity index (χ0n) is 10.6. The summed E-state index contributed by atoms with van der Waals surface area (Å²) in [5.41, 5.74) is 0.519. The number of carbonyl (C=O) groups excluding carboxylic acids is 2. The molecule has 1 aliphatic rings. The van der Waals surface area contributed by atoms with Gasteiger partial charge in [-0.3, -0.25) is 14.5 Å². The fourth-order valence-corrected chi connectivity index (χ4v) is 2.06. The quantitative estimate of drug-likeness (QED) is 0.769. The molecule has 1 aliphatic heterocycles. The van der Waals surface area contributed by atoms with Crippen LogP contribution in [0.3, 0.4) is 0 Å². The average Bonchev–Trinajstić information content (AvgIpc) is 2.70. The predicted octanol–water partition coefficient (Wildman–Crippen LogP) is 2.20. The summed E-state index contributed by atoms with van der Waals surface area (Å²) in [4.78, 5) is 25.3. The van der Waals surface area contributed by atoms with Crippen LogP contribution in [0, 0.1) is 0 Å². The normalized spacial score (nSPS) is 19.6. The van der Waals surface area contributed by atoms with Gasteiger partial charge in [0, 0.05) is 18.4 Å². The Labute approximate surface area is 107 Å². The second-order valence-corrected chi connectivity index (χ2v) is 4.61. The third-order valence-corrected chi connectivity index (χ3v) is 2.83. The van der Waals surface area contributed by atoms with E-state index in [9.17, 15) is 9.59 Å². The molecule has 0 spiro atoms. The highest BCUT2D eigenvalue weighted by Crippen LogP contribution is 2.23. The van der Waals surface area contributed by atoms with E-state index in [0.29, 0.717) is 18.4 Å². The molecule has 0 N–H and O–H groups in total. The highest BCUT2D eigenvalue weighted by molar-refractivity contribution is 6.05. The van der Waals surface area contributed by atoms with E-state index in [1.54, 1.807) is 24.3 Å². The van der Waals surface area contributed by atoms with Crippen molar-refractivity contribution >= 4 is 11.8 Å². The Balaban J connectivity index is 2.19. The lowest BCUT2D eigenvalue weighted by Gasteiger charge is -2.24. The van der Waals surface area contributed by atoms with Gasteiger partial charge >= 0.3 is 0 Å². The van der Waals surface area contributed by atoms with E-state index < -0.39 is 6.23 Å². The van der Waals surface area contributed by atoms with Crippen molar-refractivity contribution in [3.63, 3.8) is 0 Å². The molecule has 1 aromatic carbocycles. The van der Waals surface area contributed by atoms with E-state index >= 15 is 0 Å². The lowest BCUT2D eigenvalue weighted by molar-refractivity contribution is -0.133. The third kappa shape index (κ3) is 2.59. The molecule has 1 aromatic rings. The molecule has 96 valence electrons. The third-order valence-electron chi connectivity index (χ3n) is 2.83. The predicted molar refractivity (Wildman–Crippen MR) is 66.9 cm³/mol. The topological polar surface area (TPSA) is 46.6 Å². The van der Waals surface area contributed by atoms with Gasteiger partial charge in [-0.15, -0.1) is 0 Å². The van der Waals surface area contributed by atoms with Gasteiger partial charge in [0.2, 0.25) is 5.91 Å². The maximum absolute atomic E-state index is 12.3. The van der Waals surface area contributed by atoms with Gasteiger partial charge in [0.15, 0.2) is 0 Å². The SMILES string of the molecule is CC(C)OC1CCC(=O)N1C(=O)c1ccccc1. The summed E-state index contributed by atoms with van der Waals surface area (Å²) in [7, 11) is 0. The van der Waals surface area contributed by atoms with Gasteiger partial charge < -0.3 is 4.74 Å². The molecule has 1 fully saturated rings. The Hall–Kier alpha value is -1.68. The molecule has 1 unspecified atom stereocenters. The smallest absolute Gasteiger partial charge is 0.262 e. The molecule has 1 heterocycles. The minimum atomic E-state index is -0.426. The standard InChI is InChI=1S/C14H17NO3/c1-10(2)18-13-9-8-12(16)15(13)14(17)11-6-4-3-5-7-11/h3-7,10,13H,8-9H2,1-2H3. The summed E-state index contributed by atoms with van der Waals surface area (Å²) in [5.74, 6) is -0.432. The molecule has 18 heavy (non-hydrogen) atoms. The molecule has 0 bridgehead atoms. The number of likely N-dealkylation sites (tertiary alicyclic amines) is 1. The summed E-state index contributed by atoms with van der Waals surface area (Å²) in [6, 6.07) is 8.82. The van der Waals surface area contributed by atoms with Crippen LogP contribution in [0.4, 0.5) is 0 Å². The van der Waals surface area contributed by atoms with Crippen LogP contribution in [0.1, 0.15) is 37.0 Å². The molecule has 2 amide bonds. The van der Waals surface area contributed by atoms with Crippen molar-refractivity contribution < 1.29 is 14.3 Å². The number of nitrogens with zero attached hydrogens (tertiary/aromatic N) is 1. The highest BCUT2D eigenvalue weighted by Gasteiger charge is 2.37. The van der Waals surface area contributed by atoms with E-state index in [1.165, 1.54) is 4.90 Å². The molecule has 0 aliphatic carbocycles. The minimum absolute atomic E-state index is 0.00743. The first-order valence-electron chi connectivity index (χ1n) is 6.16. The highest BCUT2D eigenvalue weighted by atomic mass is 16.5. The average molecular weight is 247 g/mol. The Morgan fingerprint density at radius 1 is 1.33 bits per heavy atom. The van der Waals surface area contributed by atoms with Gasteiger partial charge in [0.25, 0.3) is 5.91 Å². The van der Waals surface area contributed by atoms with Gasteiger partial charge in [-0.05, 0) is 26.0 Å². The number of amides is 2. The van der Waals surface area contributed by atoms with Crippen LogP contribution in [0.5, 0.6) is 0 Å². The summed E-state index contributed by atoms with van der Waals surface area (Å²) in [6.45, 7) is 3.79. The zero-order chi connectivity index (χ0) is 13.1. The van der Waals surface area contributed by atoms with Crippen molar-refractivity contribution in [2.75, 3.05) is 0 Å². The molecule has 0 aromatic heterocycles. The summed E-state index contributed by atoms with van der Waals surface area (Å²) in [6.07, 6.45) is 0.517. The Bertz CT molecular complexity index is 442. The Kier molecular flexibility index (Phi) is 3.77. The van der Waals surface area contributed by atoms with E-state index in [2.05, 4.69) is 0 Å². The van der Waals surface area contributed by atoms with Crippen LogP contribution >= 0.6 is 0 Å². The molecule has 1 saturated heterocycles. The van der Waals surface area contributed by atoms with Gasteiger partial charge in [0.1, 0.15) is 6.23 Å². The van der Waals surface area contributed by atoms with E-state index in [-0.39, 0.29) is 17.9 Å². The van der Waals surface area contributed by atoms with Crippen molar-refractivity contribution in [1.82, 2.24) is 4.90 Å². The molecule has 4 heteroatoms. The van der Waals surface area contributed by atoms with E-state index in [0.717, 1.165) is 0 Å². The second-order valence-electron chi connectivity index (χ2n) is 4.61. The fraction of sp³-hybridized carbons (Fsp3) is 0.429. The Morgan fingerprint density at radius 3 is 2.61 bits per heavy atom. The van der Waals surface area contributed by atoms with Gasteiger partial charge in [-0.2, -0.15) is 0 Å². The van der Waals surface area contributed by atoms with Crippen LogP contribution in [0.15, 0.2) is 30.3 Å². The van der Waals surface area contributed by atoms with Crippen LogP contribution in [-0.4, -0.2) is 29.0 Å². The lowest BCUT2D eigenvalue weighted by Crippen LogP contribution is -2.41. The van der Waals surface area contributed by atoms with Gasteiger partial charge in [-0.1, -0.05) is 18.2 Å². The van der Waals surface area contributed by atoms with E-state index in [1.807, 2.05) is 19.9 Å². The van der Waals surface area contributed by atoms with Crippen molar-refractivity contribution in [2.24, 2.45) is 0 Å². The summed E-state index contributed by atoms with van der Waals surface area (Å²) >= 11 is 0. The first-order valence-corrected chi connectivity index (χ1v) is 6.16. The van der Waals surface area contributed by atoms with Crippen LogP contribution in [-0.2, 0) is 9.53 Å². The number of benzene rings is 1. The maximum atomic E-state index is 12.3. The van der Waals surface area contributed by atoms with E-state index in [4.69, 9.17) is 4.74 Å². The molecule has 2 rings (SSSR count). The van der Waals surface area contributed by atoms with Crippen LogP contribution in [0.25, 0.3) is 0 Å².